The molecule has 134 valence electrons. The zero-order valence-electron chi connectivity index (χ0n) is 14.3. The second-order valence-electron chi connectivity index (χ2n) is 6.50. The Labute approximate surface area is 148 Å². The summed E-state index contributed by atoms with van der Waals surface area (Å²) in [5.41, 5.74) is 1.07. The lowest BCUT2D eigenvalue weighted by atomic mass is 10.1. The second-order valence-corrected chi connectivity index (χ2v) is 6.50. The van der Waals surface area contributed by atoms with Crippen molar-refractivity contribution in [2.75, 3.05) is 24.5 Å². The molecule has 4 rings (SSSR count). The topological polar surface area (TPSA) is 120 Å². The number of hydrogen-bond acceptors (Lipinski definition) is 6. The van der Waals surface area contributed by atoms with Gasteiger partial charge in [-0.2, -0.15) is 4.98 Å². The Kier molecular flexibility index (Phi) is 4.11. The van der Waals surface area contributed by atoms with Crippen molar-refractivity contribution in [2.24, 2.45) is 5.92 Å². The van der Waals surface area contributed by atoms with Crippen LogP contribution >= 0.6 is 0 Å². The van der Waals surface area contributed by atoms with Crippen LogP contribution in [0.3, 0.4) is 0 Å². The van der Waals surface area contributed by atoms with Gasteiger partial charge in [-0.15, -0.1) is 0 Å². The Hall–Kier alpha value is -3.23. The zero-order valence-corrected chi connectivity index (χ0v) is 14.3. The number of rotatable bonds is 4. The normalized spacial score (nSPS) is 17.0. The Bertz CT molecular complexity index is 1010. The molecule has 9 nitrogen and oxygen atoms in total. The highest BCUT2D eigenvalue weighted by Crippen LogP contribution is 2.27. The lowest BCUT2D eigenvalue weighted by Crippen LogP contribution is -2.33. The Morgan fingerprint density at radius 2 is 2.31 bits per heavy atom. The first-order valence-electron chi connectivity index (χ1n) is 8.49. The number of nitrogens with zero attached hydrogens (tertiary/aromatic N) is 4. The minimum atomic E-state index is -0.513. The third-order valence-electron chi connectivity index (χ3n) is 4.58. The molecule has 0 saturated carbocycles. The van der Waals surface area contributed by atoms with E-state index >= 15 is 0 Å². The molecule has 0 radical (unpaired) electrons. The number of hydrogen-bond donors (Lipinski definition) is 3. The van der Waals surface area contributed by atoms with Gasteiger partial charge in [0.1, 0.15) is 23.5 Å². The van der Waals surface area contributed by atoms with Crippen molar-refractivity contribution in [3.63, 3.8) is 0 Å². The van der Waals surface area contributed by atoms with E-state index in [2.05, 4.69) is 35.1 Å². The van der Waals surface area contributed by atoms with Crippen molar-refractivity contribution >= 4 is 22.8 Å². The number of aromatic nitrogens is 5. The van der Waals surface area contributed by atoms with E-state index in [1.165, 1.54) is 0 Å². The average Bonchev–Trinajstić information content (AvgIpc) is 3.27. The number of fused-ring (bicyclic) bond motifs is 1. The number of anilines is 1. The number of nitrogens with one attached hydrogen (secondary N) is 3. The summed E-state index contributed by atoms with van der Waals surface area (Å²) >= 11 is 0. The van der Waals surface area contributed by atoms with Gasteiger partial charge in [0.05, 0.1) is 5.39 Å². The highest BCUT2D eigenvalue weighted by molar-refractivity contribution is 5.92. The van der Waals surface area contributed by atoms with E-state index in [1.54, 1.807) is 19.3 Å². The molecule has 1 saturated heterocycles. The SMILES string of the molecule is Cc1cc(C(=O)NCC2CCN(c3ncnc4[nH]ccc34)C2)nc(=O)[nH]1. The van der Waals surface area contributed by atoms with Crippen LogP contribution in [-0.2, 0) is 0 Å². The van der Waals surface area contributed by atoms with Crippen molar-refractivity contribution in [3.05, 3.63) is 46.5 Å². The molecule has 0 spiro atoms. The number of carbonyl (C=O) groups is 1. The molecule has 0 aromatic carbocycles. The largest absolute Gasteiger partial charge is 0.356 e. The van der Waals surface area contributed by atoms with Gasteiger partial charge in [0, 0.05) is 31.5 Å². The smallest absolute Gasteiger partial charge is 0.345 e. The van der Waals surface area contributed by atoms with Crippen LogP contribution in [0.1, 0.15) is 22.6 Å². The molecular formula is C17H19N7O2. The number of carbonyl (C=O) groups excluding carboxylic acids is 1. The van der Waals surface area contributed by atoms with Crippen LogP contribution in [0.2, 0.25) is 0 Å². The molecule has 1 aliphatic heterocycles. The fourth-order valence-corrected chi connectivity index (χ4v) is 3.33. The predicted octanol–water partition coefficient (Wildman–Crippen LogP) is 0.606. The fraction of sp³-hybridized carbons (Fsp3) is 0.353. The first kappa shape index (κ1) is 16.2. The van der Waals surface area contributed by atoms with Crippen LogP contribution in [0.15, 0.2) is 29.5 Å². The Morgan fingerprint density at radius 1 is 1.42 bits per heavy atom. The molecule has 9 heteroatoms. The van der Waals surface area contributed by atoms with Crippen molar-refractivity contribution in [1.82, 2.24) is 30.2 Å². The summed E-state index contributed by atoms with van der Waals surface area (Å²) in [7, 11) is 0. The molecule has 3 aromatic heterocycles. The van der Waals surface area contributed by atoms with Gasteiger partial charge in [-0.25, -0.2) is 14.8 Å². The van der Waals surface area contributed by atoms with Crippen LogP contribution in [0.4, 0.5) is 5.82 Å². The number of aromatic amines is 2. The first-order chi connectivity index (χ1) is 12.6. The lowest BCUT2D eigenvalue weighted by molar-refractivity contribution is 0.0942. The summed E-state index contributed by atoms with van der Waals surface area (Å²) in [6, 6.07) is 3.54. The molecule has 1 unspecified atom stereocenters. The molecule has 3 N–H and O–H groups in total. The zero-order chi connectivity index (χ0) is 18.1. The van der Waals surface area contributed by atoms with E-state index in [0.717, 1.165) is 36.4 Å². The van der Waals surface area contributed by atoms with E-state index in [-0.39, 0.29) is 11.6 Å². The molecular weight excluding hydrogens is 334 g/mol. The van der Waals surface area contributed by atoms with E-state index < -0.39 is 5.69 Å². The van der Waals surface area contributed by atoms with Gasteiger partial charge in [0.15, 0.2) is 0 Å². The monoisotopic (exact) mass is 353 g/mol. The maximum atomic E-state index is 12.2. The quantitative estimate of drug-likeness (QED) is 0.632. The molecule has 0 bridgehead atoms. The van der Waals surface area contributed by atoms with Crippen molar-refractivity contribution in [3.8, 4) is 0 Å². The Morgan fingerprint density at radius 3 is 3.15 bits per heavy atom. The fourth-order valence-electron chi connectivity index (χ4n) is 3.33. The molecule has 4 heterocycles. The maximum Gasteiger partial charge on any atom is 0.345 e. The standard InChI is InChI=1S/C17H19N7O2/c1-10-6-13(23-17(26)22-10)16(25)19-7-11-3-5-24(8-11)15-12-2-4-18-14(12)20-9-21-15/h2,4,6,9,11H,3,5,7-8H2,1H3,(H,19,25)(H,18,20,21)(H,22,23,26). The van der Waals surface area contributed by atoms with Crippen molar-refractivity contribution in [1.29, 1.82) is 0 Å². The summed E-state index contributed by atoms with van der Waals surface area (Å²) in [5.74, 6) is 0.899. The van der Waals surface area contributed by atoms with Crippen LogP contribution in [-0.4, -0.2) is 50.5 Å². The van der Waals surface area contributed by atoms with Crippen LogP contribution in [0.25, 0.3) is 11.0 Å². The maximum absolute atomic E-state index is 12.2. The van der Waals surface area contributed by atoms with Gasteiger partial charge >= 0.3 is 5.69 Å². The van der Waals surface area contributed by atoms with Gasteiger partial charge in [0.25, 0.3) is 5.91 Å². The summed E-state index contributed by atoms with van der Waals surface area (Å²) in [4.78, 5) is 43.8. The molecule has 26 heavy (non-hydrogen) atoms. The number of aryl methyl sites for hydroxylation is 1. The second kappa shape index (κ2) is 6.58. The van der Waals surface area contributed by atoms with Gasteiger partial charge in [0.2, 0.25) is 0 Å². The summed E-state index contributed by atoms with van der Waals surface area (Å²) < 4.78 is 0. The third kappa shape index (κ3) is 3.15. The minimum absolute atomic E-state index is 0.144. The third-order valence-corrected chi connectivity index (χ3v) is 4.58. The minimum Gasteiger partial charge on any atom is -0.356 e. The average molecular weight is 353 g/mol. The molecule has 1 atom stereocenters. The summed E-state index contributed by atoms with van der Waals surface area (Å²) in [6.45, 7) is 3.93. The molecule has 1 aliphatic rings. The number of H-pyrrole nitrogens is 2. The lowest BCUT2D eigenvalue weighted by Gasteiger charge is -2.18. The Balaban J connectivity index is 1.39. The highest BCUT2D eigenvalue weighted by Gasteiger charge is 2.25. The van der Waals surface area contributed by atoms with Gasteiger partial charge < -0.3 is 20.2 Å². The van der Waals surface area contributed by atoms with E-state index in [0.29, 0.717) is 18.2 Å². The molecule has 3 aromatic rings. The predicted molar refractivity (Wildman–Crippen MR) is 96.1 cm³/mol. The van der Waals surface area contributed by atoms with E-state index in [1.807, 2.05) is 12.3 Å². The van der Waals surface area contributed by atoms with E-state index in [9.17, 15) is 9.59 Å². The van der Waals surface area contributed by atoms with Gasteiger partial charge in [-0.3, -0.25) is 4.79 Å². The first-order valence-corrected chi connectivity index (χ1v) is 8.49. The summed E-state index contributed by atoms with van der Waals surface area (Å²) in [6.07, 6.45) is 4.37. The summed E-state index contributed by atoms with van der Waals surface area (Å²) in [5, 5.41) is 3.88. The molecule has 1 amide bonds. The van der Waals surface area contributed by atoms with Crippen molar-refractivity contribution in [2.45, 2.75) is 13.3 Å². The molecule has 0 aliphatic carbocycles. The van der Waals surface area contributed by atoms with Crippen molar-refractivity contribution < 1.29 is 4.79 Å². The van der Waals surface area contributed by atoms with Crippen LogP contribution < -0.4 is 15.9 Å². The van der Waals surface area contributed by atoms with Crippen LogP contribution in [0.5, 0.6) is 0 Å². The van der Waals surface area contributed by atoms with Gasteiger partial charge in [-0.1, -0.05) is 0 Å². The number of amides is 1. The van der Waals surface area contributed by atoms with E-state index in [4.69, 9.17) is 0 Å². The van der Waals surface area contributed by atoms with Crippen LogP contribution in [0, 0.1) is 12.8 Å². The molecule has 1 fully saturated rings. The van der Waals surface area contributed by atoms with Gasteiger partial charge in [-0.05, 0) is 31.4 Å². The highest BCUT2D eigenvalue weighted by atomic mass is 16.2.